The van der Waals surface area contributed by atoms with Crippen LogP contribution in [0.4, 0.5) is 0 Å². The van der Waals surface area contributed by atoms with Crippen LogP contribution in [0.1, 0.15) is 23.1 Å². The van der Waals surface area contributed by atoms with E-state index < -0.39 is 5.97 Å². The molecule has 0 aliphatic heterocycles. The number of benzene rings is 1. The van der Waals surface area contributed by atoms with Gasteiger partial charge in [-0.3, -0.25) is 0 Å². The van der Waals surface area contributed by atoms with Gasteiger partial charge in [-0.05, 0) is 29.0 Å². The first-order valence-corrected chi connectivity index (χ1v) is 6.18. The molecule has 6 nitrogen and oxygen atoms in total. The molecule has 0 atom stereocenters. The molecule has 2 aromatic rings. The van der Waals surface area contributed by atoms with Gasteiger partial charge in [0.1, 0.15) is 0 Å². The molecule has 1 aromatic heterocycles. The third-order valence-corrected chi connectivity index (χ3v) is 3.04. The lowest BCUT2D eigenvalue weighted by molar-refractivity contribution is 0.0505. The largest absolute Gasteiger partial charge is 0.460 e. The van der Waals surface area contributed by atoms with Crippen LogP contribution in [-0.4, -0.2) is 32.8 Å². The Morgan fingerprint density at radius 2 is 2.22 bits per heavy atom. The second kappa shape index (κ2) is 5.72. The molecule has 18 heavy (non-hydrogen) atoms. The summed E-state index contributed by atoms with van der Waals surface area (Å²) in [4.78, 5) is 11.6. The maximum absolute atomic E-state index is 11.6. The molecule has 94 valence electrons. The number of nitrogens with zero attached hydrogens (tertiary/aromatic N) is 4. The fourth-order valence-electron chi connectivity index (χ4n) is 1.44. The summed E-state index contributed by atoms with van der Waals surface area (Å²) in [5, 5.41) is 11.0. The Bertz CT molecular complexity index is 555. The average Bonchev–Trinajstić information content (AvgIpc) is 2.81. The second-order valence-electron chi connectivity index (χ2n) is 3.47. The number of hydrogen-bond acceptors (Lipinski definition) is 5. The molecule has 0 amide bonds. The van der Waals surface area contributed by atoms with Crippen molar-refractivity contribution in [3.05, 3.63) is 40.1 Å². The zero-order chi connectivity index (χ0) is 13.0. The molecule has 7 heteroatoms. The van der Waals surface area contributed by atoms with Gasteiger partial charge in [-0.1, -0.05) is 34.1 Å². The predicted octanol–water partition coefficient (Wildman–Crippen LogP) is 1.66. The smallest absolute Gasteiger partial charge is 0.378 e. The van der Waals surface area contributed by atoms with Gasteiger partial charge < -0.3 is 4.74 Å². The number of carbonyl (C=O) groups is 1. The molecule has 2 rings (SSSR count). The quantitative estimate of drug-likeness (QED) is 0.803. The predicted molar refractivity (Wildman–Crippen MR) is 67.0 cm³/mol. The molecule has 0 unspecified atom stereocenters. The molecule has 0 saturated carbocycles. The standard InChI is InChI=1S/C11H11BrN4O2/c1-2-18-11(17)10-13-14-15-16(10)7-8-5-3-4-6-9(8)12/h3-6H,2,7H2,1H3. The second-order valence-corrected chi connectivity index (χ2v) is 4.33. The minimum atomic E-state index is -0.519. The first-order chi connectivity index (χ1) is 8.72. The Balaban J connectivity index is 2.23. The molecule has 0 bridgehead atoms. The fourth-order valence-corrected chi connectivity index (χ4v) is 1.85. The summed E-state index contributed by atoms with van der Waals surface area (Å²) >= 11 is 3.44. The van der Waals surface area contributed by atoms with Crippen LogP contribution in [0, 0.1) is 0 Å². The van der Waals surface area contributed by atoms with Crippen LogP contribution in [0.25, 0.3) is 0 Å². The zero-order valence-corrected chi connectivity index (χ0v) is 11.3. The number of tetrazole rings is 1. The summed E-state index contributed by atoms with van der Waals surface area (Å²) in [6.45, 7) is 2.43. The molecule has 0 N–H and O–H groups in total. The van der Waals surface area contributed by atoms with E-state index in [0.29, 0.717) is 13.2 Å². The zero-order valence-electron chi connectivity index (χ0n) is 9.71. The molecule has 0 aliphatic rings. The number of rotatable bonds is 4. The highest BCUT2D eigenvalue weighted by Crippen LogP contribution is 2.17. The van der Waals surface area contributed by atoms with Crippen molar-refractivity contribution in [1.82, 2.24) is 20.2 Å². The minimum absolute atomic E-state index is 0.104. The third kappa shape index (κ3) is 2.73. The Hall–Kier alpha value is -1.76. The summed E-state index contributed by atoms with van der Waals surface area (Å²) in [6, 6.07) is 7.68. The SMILES string of the molecule is CCOC(=O)c1nnnn1Cc1ccccc1Br. The van der Waals surface area contributed by atoms with Gasteiger partial charge in [-0.15, -0.1) is 5.10 Å². The van der Waals surface area contributed by atoms with Crippen molar-refractivity contribution in [1.29, 1.82) is 0 Å². The minimum Gasteiger partial charge on any atom is -0.460 e. The summed E-state index contributed by atoms with van der Waals surface area (Å²) < 4.78 is 7.24. The summed E-state index contributed by atoms with van der Waals surface area (Å²) in [7, 11) is 0. The van der Waals surface area contributed by atoms with Gasteiger partial charge in [0.15, 0.2) is 0 Å². The molecule has 0 saturated heterocycles. The van der Waals surface area contributed by atoms with Crippen LogP contribution >= 0.6 is 15.9 Å². The Morgan fingerprint density at radius 3 is 2.94 bits per heavy atom. The van der Waals surface area contributed by atoms with Gasteiger partial charge in [0.05, 0.1) is 13.2 Å². The lowest BCUT2D eigenvalue weighted by Crippen LogP contribution is -2.15. The van der Waals surface area contributed by atoms with Crippen molar-refractivity contribution in [3.63, 3.8) is 0 Å². The van der Waals surface area contributed by atoms with Crippen molar-refractivity contribution in [2.24, 2.45) is 0 Å². The number of hydrogen-bond donors (Lipinski definition) is 0. The monoisotopic (exact) mass is 310 g/mol. The van der Waals surface area contributed by atoms with E-state index in [1.807, 2.05) is 24.3 Å². The van der Waals surface area contributed by atoms with Gasteiger partial charge >= 0.3 is 5.97 Å². The van der Waals surface area contributed by atoms with Crippen LogP contribution in [0.3, 0.4) is 0 Å². The van der Waals surface area contributed by atoms with Gasteiger partial charge in [0.25, 0.3) is 5.82 Å². The lowest BCUT2D eigenvalue weighted by Gasteiger charge is -2.05. The molecular formula is C11H11BrN4O2. The van der Waals surface area contributed by atoms with E-state index in [0.717, 1.165) is 10.0 Å². The first-order valence-electron chi connectivity index (χ1n) is 5.39. The third-order valence-electron chi connectivity index (χ3n) is 2.27. The van der Waals surface area contributed by atoms with Crippen molar-refractivity contribution >= 4 is 21.9 Å². The maximum atomic E-state index is 11.6. The Morgan fingerprint density at radius 1 is 1.44 bits per heavy atom. The number of carbonyl (C=O) groups excluding carboxylic acids is 1. The fraction of sp³-hybridized carbons (Fsp3) is 0.273. The molecule has 1 heterocycles. The highest BCUT2D eigenvalue weighted by Gasteiger charge is 2.17. The van der Waals surface area contributed by atoms with Crippen LogP contribution in [-0.2, 0) is 11.3 Å². The normalized spacial score (nSPS) is 10.3. The number of ether oxygens (including phenoxy) is 1. The number of esters is 1. The van der Waals surface area contributed by atoms with Crippen molar-refractivity contribution in [2.45, 2.75) is 13.5 Å². The van der Waals surface area contributed by atoms with E-state index in [2.05, 4.69) is 31.5 Å². The first kappa shape index (κ1) is 12.7. The highest BCUT2D eigenvalue weighted by atomic mass is 79.9. The number of aromatic nitrogens is 4. The average molecular weight is 311 g/mol. The van der Waals surface area contributed by atoms with E-state index in [1.54, 1.807) is 6.92 Å². The maximum Gasteiger partial charge on any atom is 0.378 e. The van der Waals surface area contributed by atoms with Gasteiger partial charge in [-0.2, -0.15) is 0 Å². The van der Waals surface area contributed by atoms with Gasteiger partial charge in [0, 0.05) is 4.47 Å². The van der Waals surface area contributed by atoms with E-state index in [-0.39, 0.29) is 5.82 Å². The van der Waals surface area contributed by atoms with Gasteiger partial charge in [-0.25, -0.2) is 9.48 Å². The van der Waals surface area contributed by atoms with E-state index in [4.69, 9.17) is 4.74 Å². The van der Waals surface area contributed by atoms with E-state index >= 15 is 0 Å². The summed E-state index contributed by atoms with van der Waals surface area (Å²) in [5.74, 6) is -0.415. The molecule has 0 fully saturated rings. The van der Waals surface area contributed by atoms with Crippen LogP contribution in [0.15, 0.2) is 28.7 Å². The summed E-state index contributed by atoms with van der Waals surface area (Å²) in [5.41, 5.74) is 0.982. The Labute approximate surface area is 112 Å². The molecule has 0 aliphatic carbocycles. The van der Waals surface area contributed by atoms with Crippen molar-refractivity contribution in [3.8, 4) is 0 Å². The lowest BCUT2D eigenvalue weighted by atomic mass is 10.2. The van der Waals surface area contributed by atoms with Crippen LogP contribution in [0.2, 0.25) is 0 Å². The van der Waals surface area contributed by atoms with Crippen molar-refractivity contribution in [2.75, 3.05) is 6.61 Å². The van der Waals surface area contributed by atoms with E-state index in [1.165, 1.54) is 4.68 Å². The van der Waals surface area contributed by atoms with E-state index in [9.17, 15) is 4.79 Å². The summed E-state index contributed by atoms with van der Waals surface area (Å²) in [6.07, 6.45) is 0. The molecule has 0 spiro atoms. The topological polar surface area (TPSA) is 69.9 Å². The highest BCUT2D eigenvalue weighted by molar-refractivity contribution is 9.10. The molecular weight excluding hydrogens is 300 g/mol. The number of halogens is 1. The molecule has 1 aromatic carbocycles. The van der Waals surface area contributed by atoms with Crippen LogP contribution in [0.5, 0.6) is 0 Å². The van der Waals surface area contributed by atoms with Crippen molar-refractivity contribution < 1.29 is 9.53 Å². The van der Waals surface area contributed by atoms with Crippen LogP contribution < -0.4 is 0 Å². The van der Waals surface area contributed by atoms with Gasteiger partial charge in [0.2, 0.25) is 0 Å². The molecule has 0 radical (unpaired) electrons. The Kier molecular flexibility index (Phi) is 4.03.